The predicted molar refractivity (Wildman–Crippen MR) is 80.2 cm³/mol. The highest BCUT2D eigenvalue weighted by atomic mass is 16.1. The summed E-state index contributed by atoms with van der Waals surface area (Å²) in [4.78, 5) is 16.8. The van der Waals surface area contributed by atoms with Crippen LogP contribution >= 0.6 is 0 Å². The Balaban J connectivity index is 2.18. The molecule has 0 saturated carbocycles. The first kappa shape index (κ1) is 11.6. The van der Waals surface area contributed by atoms with E-state index < -0.39 is 0 Å². The Hall–Kier alpha value is -2.16. The van der Waals surface area contributed by atoms with Crippen LogP contribution in [0.2, 0.25) is 0 Å². The zero-order chi connectivity index (χ0) is 13.7. The van der Waals surface area contributed by atoms with E-state index in [1.165, 1.54) is 24.1 Å². The van der Waals surface area contributed by atoms with Crippen molar-refractivity contribution in [3.8, 4) is 0 Å². The number of rotatable bonds is 0. The van der Waals surface area contributed by atoms with E-state index in [0.29, 0.717) is 0 Å². The fourth-order valence-corrected chi connectivity index (χ4v) is 3.32. The average Bonchev–Trinajstić information content (AvgIpc) is 2.78. The summed E-state index contributed by atoms with van der Waals surface area (Å²) in [6.07, 6.45) is 4.58. The van der Waals surface area contributed by atoms with Gasteiger partial charge in [0.25, 0.3) is 0 Å². The summed E-state index contributed by atoms with van der Waals surface area (Å²) in [5.41, 5.74) is 4.31. The summed E-state index contributed by atoms with van der Waals surface area (Å²) < 4.78 is 1.75. The molecule has 0 fully saturated rings. The largest absolute Gasteiger partial charge is 0.274 e. The standard InChI is InChI=1S/C17H16N2O/c1-11(20)19-16-9-5-3-7-13(16)14-10-12-6-2-4-8-15(12)18-17(14)19/h3,5,7,9-10H,2,4,6,8H2,1H3. The second kappa shape index (κ2) is 4.17. The molecule has 3 heteroatoms. The van der Waals surface area contributed by atoms with Crippen molar-refractivity contribution in [2.24, 2.45) is 0 Å². The van der Waals surface area contributed by atoms with Gasteiger partial charge in [0.05, 0.1) is 5.52 Å². The third kappa shape index (κ3) is 1.52. The smallest absolute Gasteiger partial charge is 0.229 e. The molecule has 0 saturated heterocycles. The quantitative estimate of drug-likeness (QED) is 0.620. The Labute approximate surface area is 117 Å². The van der Waals surface area contributed by atoms with Crippen molar-refractivity contribution < 1.29 is 4.79 Å². The second-order valence-corrected chi connectivity index (χ2v) is 5.54. The van der Waals surface area contributed by atoms with E-state index in [4.69, 9.17) is 4.98 Å². The van der Waals surface area contributed by atoms with E-state index >= 15 is 0 Å². The van der Waals surface area contributed by atoms with Crippen molar-refractivity contribution in [2.45, 2.75) is 32.6 Å². The minimum atomic E-state index is 0.0273. The van der Waals surface area contributed by atoms with Crippen LogP contribution in [0.3, 0.4) is 0 Å². The maximum atomic E-state index is 12.0. The highest BCUT2D eigenvalue weighted by molar-refractivity contribution is 6.12. The van der Waals surface area contributed by atoms with E-state index in [-0.39, 0.29) is 5.91 Å². The van der Waals surface area contributed by atoms with Gasteiger partial charge in [-0.2, -0.15) is 0 Å². The van der Waals surface area contributed by atoms with Gasteiger partial charge in [0.1, 0.15) is 5.65 Å². The van der Waals surface area contributed by atoms with Gasteiger partial charge in [-0.1, -0.05) is 18.2 Å². The molecule has 1 aliphatic carbocycles. The Kier molecular flexibility index (Phi) is 2.43. The first-order chi connectivity index (χ1) is 9.75. The molecule has 100 valence electrons. The molecule has 2 aromatic heterocycles. The lowest BCUT2D eigenvalue weighted by atomic mass is 9.95. The van der Waals surface area contributed by atoms with Gasteiger partial charge >= 0.3 is 0 Å². The number of nitrogens with zero attached hydrogens (tertiary/aromatic N) is 2. The zero-order valence-corrected chi connectivity index (χ0v) is 11.5. The lowest BCUT2D eigenvalue weighted by molar-refractivity contribution is 0.0946. The summed E-state index contributed by atoms with van der Waals surface area (Å²) in [6, 6.07) is 10.3. The molecule has 0 atom stereocenters. The maximum Gasteiger partial charge on any atom is 0.229 e. The highest BCUT2D eigenvalue weighted by Gasteiger charge is 2.18. The molecule has 0 spiro atoms. The number of carbonyl (C=O) groups excluding carboxylic acids is 1. The SMILES string of the molecule is CC(=O)n1c2ccccc2c2cc3c(nc21)CCCC3. The summed E-state index contributed by atoms with van der Waals surface area (Å²) in [5.74, 6) is 0.0273. The number of carbonyl (C=O) groups is 1. The van der Waals surface area contributed by atoms with Gasteiger partial charge in [-0.05, 0) is 43.4 Å². The molecular weight excluding hydrogens is 248 g/mol. The van der Waals surface area contributed by atoms with Crippen molar-refractivity contribution in [3.63, 3.8) is 0 Å². The van der Waals surface area contributed by atoms with E-state index in [0.717, 1.165) is 34.8 Å². The minimum Gasteiger partial charge on any atom is -0.274 e. The van der Waals surface area contributed by atoms with E-state index in [1.54, 1.807) is 11.5 Å². The van der Waals surface area contributed by atoms with Crippen LogP contribution in [-0.4, -0.2) is 15.5 Å². The first-order valence-electron chi connectivity index (χ1n) is 7.18. The number of hydrogen-bond acceptors (Lipinski definition) is 2. The molecule has 0 unspecified atom stereocenters. The van der Waals surface area contributed by atoms with Gasteiger partial charge in [0, 0.05) is 23.4 Å². The van der Waals surface area contributed by atoms with Crippen LogP contribution in [0.4, 0.5) is 0 Å². The number of hydrogen-bond donors (Lipinski definition) is 0. The molecule has 4 rings (SSSR count). The topological polar surface area (TPSA) is 34.9 Å². The van der Waals surface area contributed by atoms with Crippen molar-refractivity contribution in [1.29, 1.82) is 0 Å². The molecule has 0 bridgehead atoms. The van der Waals surface area contributed by atoms with Crippen molar-refractivity contribution in [3.05, 3.63) is 41.6 Å². The van der Waals surface area contributed by atoms with Crippen LogP contribution in [0.5, 0.6) is 0 Å². The summed E-state index contributed by atoms with van der Waals surface area (Å²) in [6.45, 7) is 1.60. The van der Waals surface area contributed by atoms with Gasteiger partial charge < -0.3 is 0 Å². The van der Waals surface area contributed by atoms with Gasteiger partial charge in [-0.15, -0.1) is 0 Å². The van der Waals surface area contributed by atoms with Crippen molar-refractivity contribution >= 4 is 27.8 Å². The average molecular weight is 264 g/mol. The van der Waals surface area contributed by atoms with Crippen molar-refractivity contribution in [1.82, 2.24) is 9.55 Å². The van der Waals surface area contributed by atoms with Crippen LogP contribution in [0.1, 0.15) is 35.8 Å². The summed E-state index contributed by atoms with van der Waals surface area (Å²) in [7, 11) is 0. The van der Waals surface area contributed by atoms with Gasteiger partial charge in [-0.25, -0.2) is 4.98 Å². The highest BCUT2D eigenvalue weighted by Crippen LogP contribution is 2.31. The van der Waals surface area contributed by atoms with Crippen LogP contribution in [0, 0.1) is 0 Å². The van der Waals surface area contributed by atoms with Crippen LogP contribution in [-0.2, 0) is 12.8 Å². The predicted octanol–water partition coefficient (Wildman–Crippen LogP) is 3.73. The monoisotopic (exact) mass is 264 g/mol. The van der Waals surface area contributed by atoms with Crippen LogP contribution in [0.25, 0.3) is 21.9 Å². The number of fused-ring (bicyclic) bond motifs is 4. The number of aryl methyl sites for hydroxylation is 2. The molecule has 1 aliphatic rings. The lowest BCUT2D eigenvalue weighted by Gasteiger charge is -2.14. The van der Waals surface area contributed by atoms with Crippen LogP contribution in [0.15, 0.2) is 30.3 Å². The second-order valence-electron chi connectivity index (χ2n) is 5.54. The molecule has 20 heavy (non-hydrogen) atoms. The Morgan fingerprint density at radius 2 is 1.95 bits per heavy atom. The fourth-order valence-electron chi connectivity index (χ4n) is 3.32. The summed E-state index contributed by atoms with van der Waals surface area (Å²) in [5, 5.41) is 2.23. The zero-order valence-electron chi connectivity index (χ0n) is 11.5. The number of para-hydroxylation sites is 1. The first-order valence-corrected chi connectivity index (χ1v) is 7.18. The van der Waals surface area contributed by atoms with E-state index in [9.17, 15) is 4.79 Å². The molecule has 2 heterocycles. The maximum absolute atomic E-state index is 12.0. The Bertz CT molecular complexity index is 845. The Morgan fingerprint density at radius 3 is 2.80 bits per heavy atom. The molecule has 0 N–H and O–H groups in total. The minimum absolute atomic E-state index is 0.0273. The Morgan fingerprint density at radius 1 is 1.15 bits per heavy atom. The van der Waals surface area contributed by atoms with Gasteiger partial charge in [0.2, 0.25) is 5.91 Å². The number of benzene rings is 1. The molecule has 1 aromatic carbocycles. The van der Waals surface area contributed by atoms with E-state index in [2.05, 4.69) is 12.1 Å². The van der Waals surface area contributed by atoms with Gasteiger partial charge in [-0.3, -0.25) is 9.36 Å². The molecule has 0 amide bonds. The van der Waals surface area contributed by atoms with Gasteiger partial charge in [0.15, 0.2) is 0 Å². The molecule has 0 radical (unpaired) electrons. The third-order valence-electron chi connectivity index (χ3n) is 4.24. The van der Waals surface area contributed by atoms with Crippen molar-refractivity contribution in [2.75, 3.05) is 0 Å². The number of pyridine rings is 1. The third-order valence-corrected chi connectivity index (χ3v) is 4.24. The van der Waals surface area contributed by atoms with Crippen LogP contribution < -0.4 is 0 Å². The normalized spacial score (nSPS) is 14.7. The fraction of sp³-hybridized carbons (Fsp3) is 0.294. The molecule has 0 aliphatic heterocycles. The molecule has 3 nitrogen and oxygen atoms in total. The summed E-state index contributed by atoms with van der Waals surface area (Å²) >= 11 is 0. The molecule has 3 aromatic rings. The number of aromatic nitrogens is 2. The lowest BCUT2D eigenvalue weighted by Crippen LogP contribution is -2.09. The van der Waals surface area contributed by atoms with E-state index in [1.807, 2.05) is 18.2 Å². The molecular formula is C17H16N2O.